The Bertz CT molecular complexity index is 159. The summed E-state index contributed by atoms with van der Waals surface area (Å²) in [5, 5.41) is 17.6. The zero-order chi connectivity index (χ0) is 10.4. The Labute approximate surface area is 79.2 Å². The molecule has 4 heteroatoms. The summed E-state index contributed by atoms with van der Waals surface area (Å²) in [6.07, 6.45) is -0.369. The van der Waals surface area contributed by atoms with Crippen LogP contribution in [0.15, 0.2) is 0 Å². The fourth-order valence-electron chi connectivity index (χ4n) is 0.914. The molecule has 0 aliphatic rings. The van der Waals surface area contributed by atoms with Crippen LogP contribution in [0, 0.1) is 0 Å². The smallest absolute Gasteiger partial charge is 0.305 e. The van der Waals surface area contributed by atoms with Crippen molar-refractivity contribution in [3.63, 3.8) is 0 Å². The number of hydrogen-bond acceptors (Lipinski definition) is 3. The number of aliphatic hydroxyl groups excluding tert-OH is 1. The second-order valence-corrected chi connectivity index (χ2v) is 3.61. The summed E-state index contributed by atoms with van der Waals surface area (Å²) in [7, 11) is 1.96. The molecule has 0 saturated carbocycles. The molecule has 0 heterocycles. The number of nitrogens with zero attached hydrogens (tertiary/aromatic N) is 1. The highest BCUT2D eigenvalue weighted by Crippen LogP contribution is 2.01. The second-order valence-electron chi connectivity index (χ2n) is 3.61. The quantitative estimate of drug-likeness (QED) is 0.640. The van der Waals surface area contributed by atoms with Gasteiger partial charge in [-0.3, -0.25) is 4.79 Å². The standard InChI is InChI=1S/C9H19NO3/c1-7(2)10(3)5-4-8(11)6-9(12)13/h7-8,11H,4-6H2,1-3H3,(H,12,13). The lowest BCUT2D eigenvalue weighted by atomic mass is 10.2. The number of carboxylic acids is 1. The minimum absolute atomic E-state index is 0.161. The Kier molecular flexibility index (Phi) is 5.66. The largest absolute Gasteiger partial charge is 0.481 e. The van der Waals surface area contributed by atoms with E-state index >= 15 is 0 Å². The lowest BCUT2D eigenvalue weighted by molar-refractivity contribution is -0.139. The van der Waals surface area contributed by atoms with E-state index in [2.05, 4.69) is 18.7 Å². The van der Waals surface area contributed by atoms with Crippen LogP contribution in [0.1, 0.15) is 26.7 Å². The van der Waals surface area contributed by atoms with Gasteiger partial charge in [0.05, 0.1) is 12.5 Å². The van der Waals surface area contributed by atoms with Crippen LogP contribution in [0.25, 0.3) is 0 Å². The molecular weight excluding hydrogens is 170 g/mol. The van der Waals surface area contributed by atoms with Crippen LogP contribution in [0.2, 0.25) is 0 Å². The van der Waals surface area contributed by atoms with Crippen molar-refractivity contribution in [3.05, 3.63) is 0 Å². The van der Waals surface area contributed by atoms with Gasteiger partial charge in [0.2, 0.25) is 0 Å². The normalized spacial score (nSPS) is 13.7. The maximum Gasteiger partial charge on any atom is 0.305 e. The predicted molar refractivity (Wildman–Crippen MR) is 50.6 cm³/mol. The van der Waals surface area contributed by atoms with Gasteiger partial charge < -0.3 is 15.1 Å². The second kappa shape index (κ2) is 5.94. The first-order valence-electron chi connectivity index (χ1n) is 4.53. The van der Waals surface area contributed by atoms with Gasteiger partial charge in [-0.2, -0.15) is 0 Å². The van der Waals surface area contributed by atoms with Gasteiger partial charge >= 0.3 is 5.97 Å². The fraction of sp³-hybridized carbons (Fsp3) is 0.889. The topological polar surface area (TPSA) is 60.8 Å². The molecular formula is C9H19NO3. The molecule has 0 aromatic heterocycles. The number of aliphatic carboxylic acids is 1. The molecule has 0 aromatic rings. The summed E-state index contributed by atoms with van der Waals surface area (Å²) in [5.74, 6) is -0.945. The van der Waals surface area contributed by atoms with Crippen LogP contribution in [0.3, 0.4) is 0 Å². The van der Waals surface area contributed by atoms with Crippen LogP contribution in [0.4, 0.5) is 0 Å². The molecule has 4 nitrogen and oxygen atoms in total. The van der Waals surface area contributed by atoms with Gasteiger partial charge in [-0.1, -0.05) is 0 Å². The number of carboxylic acid groups (broad SMARTS) is 1. The minimum atomic E-state index is -0.945. The van der Waals surface area contributed by atoms with Crippen LogP contribution in [-0.2, 0) is 4.79 Å². The first kappa shape index (κ1) is 12.4. The van der Waals surface area contributed by atoms with Crippen molar-refractivity contribution in [2.45, 2.75) is 38.8 Å². The lowest BCUT2D eigenvalue weighted by Gasteiger charge is -2.21. The van der Waals surface area contributed by atoms with Crippen LogP contribution in [-0.4, -0.2) is 46.8 Å². The van der Waals surface area contributed by atoms with Crippen molar-refractivity contribution in [1.29, 1.82) is 0 Å². The average molecular weight is 189 g/mol. The van der Waals surface area contributed by atoms with Gasteiger partial charge in [-0.15, -0.1) is 0 Å². The molecule has 13 heavy (non-hydrogen) atoms. The van der Waals surface area contributed by atoms with Crippen molar-refractivity contribution in [2.75, 3.05) is 13.6 Å². The van der Waals surface area contributed by atoms with Crippen molar-refractivity contribution in [2.24, 2.45) is 0 Å². The number of rotatable bonds is 6. The Balaban J connectivity index is 3.57. The monoisotopic (exact) mass is 189 g/mol. The average Bonchev–Trinajstić information content (AvgIpc) is 1.98. The number of aliphatic hydroxyl groups is 1. The molecule has 78 valence electrons. The molecule has 0 aliphatic heterocycles. The first-order chi connectivity index (χ1) is 5.93. The molecule has 1 atom stereocenters. The van der Waals surface area contributed by atoms with Crippen molar-refractivity contribution in [3.8, 4) is 0 Å². The maximum absolute atomic E-state index is 10.2. The predicted octanol–water partition coefficient (Wildman–Crippen LogP) is 0.552. The highest BCUT2D eigenvalue weighted by Gasteiger charge is 2.11. The molecule has 0 amide bonds. The Hall–Kier alpha value is -0.610. The van der Waals surface area contributed by atoms with E-state index in [1.54, 1.807) is 0 Å². The zero-order valence-corrected chi connectivity index (χ0v) is 8.53. The maximum atomic E-state index is 10.2. The summed E-state index contributed by atoms with van der Waals surface area (Å²) < 4.78 is 0. The number of hydrogen-bond donors (Lipinski definition) is 2. The van der Waals surface area contributed by atoms with Crippen molar-refractivity contribution >= 4 is 5.97 Å². The molecule has 0 saturated heterocycles. The van der Waals surface area contributed by atoms with E-state index in [0.717, 1.165) is 6.54 Å². The Morgan fingerprint density at radius 1 is 1.46 bits per heavy atom. The van der Waals surface area contributed by atoms with Crippen LogP contribution in [0.5, 0.6) is 0 Å². The summed E-state index contributed by atoms with van der Waals surface area (Å²) in [6.45, 7) is 4.85. The summed E-state index contributed by atoms with van der Waals surface area (Å²) in [6, 6.07) is 0.428. The van der Waals surface area contributed by atoms with E-state index in [-0.39, 0.29) is 6.42 Å². The van der Waals surface area contributed by atoms with E-state index in [1.807, 2.05) is 7.05 Å². The Morgan fingerprint density at radius 2 is 2.00 bits per heavy atom. The molecule has 0 rings (SSSR count). The summed E-state index contributed by atoms with van der Waals surface area (Å²) in [4.78, 5) is 12.3. The Morgan fingerprint density at radius 3 is 2.38 bits per heavy atom. The highest BCUT2D eigenvalue weighted by molar-refractivity contribution is 5.67. The molecule has 2 N–H and O–H groups in total. The van der Waals surface area contributed by atoms with Gasteiger partial charge in [0, 0.05) is 12.6 Å². The van der Waals surface area contributed by atoms with E-state index in [4.69, 9.17) is 5.11 Å². The molecule has 0 aliphatic carbocycles. The van der Waals surface area contributed by atoms with E-state index in [1.165, 1.54) is 0 Å². The fourth-order valence-corrected chi connectivity index (χ4v) is 0.914. The molecule has 0 bridgehead atoms. The first-order valence-corrected chi connectivity index (χ1v) is 4.53. The third-order valence-electron chi connectivity index (χ3n) is 2.11. The molecule has 0 fully saturated rings. The van der Waals surface area contributed by atoms with Crippen LogP contribution < -0.4 is 0 Å². The SMILES string of the molecule is CC(C)N(C)CCC(O)CC(=O)O. The molecule has 0 radical (unpaired) electrons. The highest BCUT2D eigenvalue weighted by atomic mass is 16.4. The summed E-state index contributed by atoms with van der Waals surface area (Å²) >= 11 is 0. The summed E-state index contributed by atoms with van der Waals surface area (Å²) in [5.41, 5.74) is 0. The molecule has 0 aromatic carbocycles. The van der Waals surface area contributed by atoms with Gasteiger partial charge in [0.1, 0.15) is 0 Å². The third-order valence-corrected chi connectivity index (χ3v) is 2.11. The molecule has 1 unspecified atom stereocenters. The van der Waals surface area contributed by atoms with Gasteiger partial charge in [0.15, 0.2) is 0 Å². The van der Waals surface area contributed by atoms with Crippen molar-refractivity contribution < 1.29 is 15.0 Å². The zero-order valence-electron chi connectivity index (χ0n) is 8.53. The van der Waals surface area contributed by atoms with Crippen molar-refractivity contribution in [1.82, 2.24) is 4.90 Å². The number of carbonyl (C=O) groups is 1. The molecule has 0 spiro atoms. The van der Waals surface area contributed by atoms with E-state index in [0.29, 0.717) is 12.5 Å². The lowest BCUT2D eigenvalue weighted by Crippen LogP contribution is -2.30. The third kappa shape index (κ3) is 6.54. The van der Waals surface area contributed by atoms with E-state index in [9.17, 15) is 9.90 Å². The van der Waals surface area contributed by atoms with E-state index < -0.39 is 12.1 Å². The van der Waals surface area contributed by atoms with Crippen LogP contribution >= 0.6 is 0 Å². The van der Waals surface area contributed by atoms with Gasteiger partial charge in [-0.05, 0) is 27.3 Å². The minimum Gasteiger partial charge on any atom is -0.481 e. The van der Waals surface area contributed by atoms with Gasteiger partial charge in [-0.25, -0.2) is 0 Å². The van der Waals surface area contributed by atoms with Gasteiger partial charge in [0.25, 0.3) is 0 Å².